The van der Waals surface area contributed by atoms with Crippen LogP contribution in [0.25, 0.3) is 0 Å². The van der Waals surface area contributed by atoms with Crippen LogP contribution >= 0.6 is 11.8 Å². The van der Waals surface area contributed by atoms with Gasteiger partial charge in [-0.05, 0) is 67.3 Å². The Morgan fingerprint density at radius 3 is 2.52 bits per heavy atom. The van der Waals surface area contributed by atoms with Gasteiger partial charge in [0.1, 0.15) is 5.75 Å². The molecule has 0 saturated heterocycles. The number of methoxy groups -OCH3 is 1. The molecule has 0 radical (unpaired) electrons. The molecule has 0 saturated carbocycles. The summed E-state index contributed by atoms with van der Waals surface area (Å²) in [6.45, 7) is 0. The van der Waals surface area contributed by atoms with Gasteiger partial charge in [0, 0.05) is 4.90 Å². The highest BCUT2D eigenvalue weighted by molar-refractivity contribution is 7.98. The number of fused-ring (bicyclic) bond motifs is 1. The molecule has 2 aromatic rings. The number of anilines is 1. The lowest BCUT2D eigenvalue weighted by molar-refractivity contribution is 0.102. The molecule has 1 aliphatic rings. The smallest absolute Gasteiger partial charge is 0.256 e. The maximum Gasteiger partial charge on any atom is 0.256 e. The zero-order valence-corrected chi connectivity index (χ0v) is 14.3. The Kier molecular flexibility index (Phi) is 4.91. The van der Waals surface area contributed by atoms with Crippen LogP contribution < -0.4 is 10.1 Å². The van der Waals surface area contributed by atoms with Crippen LogP contribution in [0.5, 0.6) is 5.75 Å². The number of carbonyl (C=O) groups excluding carboxylic acids is 1. The molecule has 4 heteroatoms. The summed E-state index contributed by atoms with van der Waals surface area (Å²) in [6, 6.07) is 11.8. The lowest BCUT2D eigenvalue weighted by Crippen LogP contribution is -2.15. The molecular formula is C19H21NO2S. The second kappa shape index (κ2) is 7.09. The summed E-state index contributed by atoms with van der Waals surface area (Å²) in [5, 5.41) is 3.03. The van der Waals surface area contributed by atoms with Crippen molar-refractivity contribution >= 4 is 23.4 Å². The molecule has 3 rings (SSSR count). The SMILES string of the molecule is COc1cc2c(cc1NC(=O)c1ccccc1SC)CCCC2. The van der Waals surface area contributed by atoms with Crippen molar-refractivity contribution in [3.8, 4) is 5.75 Å². The number of thioether (sulfide) groups is 1. The summed E-state index contributed by atoms with van der Waals surface area (Å²) in [7, 11) is 1.65. The Labute approximate surface area is 141 Å². The van der Waals surface area contributed by atoms with E-state index in [1.54, 1.807) is 18.9 Å². The molecule has 3 nitrogen and oxygen atoms in total. The van der Waals surface area contributed by atoms with Crippen LogP contribution in [-0.4, -0.2) is 19.3 Å². The molecule has 0 aliphatic heterocycles. The first-order valence-electron chi connectivity index (χ1n) is 7.87. The van der Waals surface area contributed by atoms with Gasteiger partial charge in [-0.3, -0.25) is 4.79 Å². The van der Waals surface area contributed by atoms with E-state index in [0.717, 1.165) is 29.2 Å². The summed E-state index contributed by atoms with van der Waals surface area (Å²) in [5.74, 6) is 0.643. The second-order valence-electron chi connectivity index (χ2n) is 5.68. The van der Waals surface area contributed by atoms with Gasteiger partial charge in [0.25, 0.3) is 5.91 Å². The predicted octanol–water partition coefficient (Wildman–Crippen LogP) is 4.55. The van der Waals surface area contributed by atoms with Gasteiger partial charge in [-0.2, -0.15) is 0 Å². The summed E-state index contributed by atoms with van der Waals surface area (Å²) in [6.07, 6.45) is 6.58. The highest BCUT2D eigenvalue weighted by Crippen LogP contribution is 2.33. The first-order valence-corrected chi connectivity index (χ1v) is 9.09. The van der Waals surface area contributed by atoms with Crippen molar-refractivity contribution in [2.45, 2.75) is 30.6 Å². The monoisotopic (exact) mass is 327 g/mol. The molecule has 23 heavy (non-hydrogen) atoms. The van der Waals surface area contributed by atoms with Crippen molar-refractivity contribution in [1.29, 1.82) is 0 Å². The lowest BCUT2D eigenvalue weighted by atomic mass is 9.91. The van der Waals surface area contributed by atoms with Crippen molar-refractivity contribution in [2.75, 3.05) is 18.7 Å². The van der Waals surface area contributed by atoms with Crippen LogP contribution in [0.3, 0.4) is 0 Å². The Bertz CT molecular complexity index is 727. The third kappa shape index (κ3) is 3.37. The van der Waals surface area contributed by atoms with Gasteiger partial charge in [0.2, 0.25) is 0 Å². The molecule has 0 heterocycles. The summed E-state index contributed by atoms with van der Waals surface area (Å²) >= 11 is 1.58. The number of benzene rings is 2. The topological polar surface area (TPSA) is 38.3 Å². The van der Waals surface area contributed by atoms with Gasteiger partial charge < -0.3 is 10.1 Å². The first-order chi connectivity index (χ1) is 11.2. The Morgan fingerprint density at radius 1 is 1.13 bits per heavy atom. The quantitative estimate of drug-likeness (QED) is 0.837. The molecule has 0 unspecified atom stereocenters. The molecule has 0 atom stereocenters. The Balaban J connectivity index is 1.91. The van der Waals surface area contributed by atoms with Crippen molar-refractivity contribution in [2.24, 2.45) is 0 Å². The summed E-state index contributed by atoms with van der Waals surface area (Å²) in [4.78, 5) is 13.6. The third-order valence-corrected chi connectivity index (χ3v) is 5.06. The fourth-order valence-corrected chi connectivity index (χ4v) is 3.65. The third-order valence-electron chi connectivity index (χ3n) is 4.26. The van der Waals surface area contributed by atoms with Gasteiger partial charge in [-0.25, -0.2) is 0 Å². The molecule has 1 amide bonds. The lowest BCUT2D eigenvalue weighted by Gasteiger charge is -2.19. The van der Waals surface area contributed by atoms with E-state index in [0.29, 0.717) is 5.56 Å². The fraction of sp³-hybridized carbons (Fsp3) is 0.316. The van der Waals surface area contributed by atoms with E-state index >= 15 is 0 Å². The minimum absolute atomic E-state index is 0.0935. The first kappa shape index (κ1) is 15.9. The molecule has 1 aliphatic carbocycles. The summed E-state index contributed by atoms with van der Waals surface area (Å²) < 4.78 is 5.48. The van der Waals surface area contributed by atoms with Crippen molar-refractivity contribution in [1.82, 2.24) is 0 Å². The minimum atomic E-state index is -0.0935. The fourth-order valence-electron chi connectivity index (χ4n) is 3.05. The Morgan fingerprint density at radius 2 is 1.83 bits per heavy atom. The molecule has 120 valence electrons. The van der Waals surface area contributed by atoms with Crippen LogP contribution in [-0.2, 0) is 12.8 Å². The number of ether oxygens (including phenoxy) is 1. The van der Waals surface area contributed by atoms with Gasteiger partial charge >= 0.3 is 0 Å². The molecular weight excluding hydrogens is 306 g/mol. The highest BCUT2D eigenvalue weighted by atomic mass is 32.2. The number of carbonyl (C=O) groups is 1. The van der Waals surface area contributed by atoms with Crippen LogP contribution in [0.1, 0.15) is 34.3 Å². The van der Waals surface area contributed by atoms with E-state index in [4.69, 9.17) is 4.74 Å². The molecule has 1 N–H and O–H groups in total. The largest absolute Gasteiger partial charge is 0.495 e. The van der Waals surface area contributed by atoms with E-state index in [-0.39, 0.29) is 5.91 Å². The number of rotatable bonds is 4. The molecule has 0 bridgehead atoms. The van der Waals surface area contributed by atoms with Crippen molar-refractivity contribution in [3.05, 3.63) is 53.1 Å². The zero-order chi connectivity index (χ0) is 16.2. The van der Waals surface area contributed by atoms with E-state index < -0.39 is 0 Å². The molecule has 2 aromatic carbocycles. The number of nitrogens with one attached hydrogen (secondary N) is 1. The number of aryl methyl sites for hydroxylation is 2. The number of hydrogen-bond donors (Lipinski definition) is 1. The van der Waals surface area contributed by atoms with Crippen LogP contribution in [0, 0.1) is 0 Å². The highest BCUT2D eigenvalue weighted by Gasteiger charge is 2.17. The van der Waals surface area contributed by atoms with E-state index in [9.17, 15) is 4.79 Å². The number of amides is 1. The molecule has 0 fully saturated rings. The van der Waals surface area contributed by atoms with E-state index in [2.05, 4.69) is 17.4 Å². The van der Waals surface area contributed by atoms with Gasteiger partial charge in [-0.15, -0.1) is 11.8 Å². The van der Waals surface area contributed by atoms with Crippen LogP contribution in [0.4, 0.5) is 5.69 Å². The predicted molar refractivity (Wildman–Crippen MR) is 95.8 cm³/mol. The second-order valence-corrected chi connectivity index (χ2v) is 6.53. The maximum absolute atomic E-state index is 12.7. The normalized spacial score (nSPS) is 13.3. The van der Waals surface area contributed by atoms with E-state index in [1.165, 1.54) is 24.0 Å². The summed E-state index contributed by atoms with van der Waals surface area (Å²) in [5.41, 5.74) is 4.12. The zero-order valence-electron chi connectivity index (χ0n) is 13.5. The Hall–Kier alpha value is -1.94. The van der Waals surface area contributed by atoms with Crippen molar-refractivity contribution < 1.29 is 9.53 Å². The van der Waals surface area contributed by atoms with Gasteiger partial charge in [-0.1, -0.05) is 12.1 Å². The van der Waals surface area contributed by atoms with Gasteiger partial charge in [0.05, 0.1) is 18.4 Å². The molecule has 0 aromatic heterocycles. The van der Waals surface area contributed by atoms with Crippen LogP contribution in [0.2, 0.25) is 0 Å². The minimum Gasteiger partial charge on any atom is -0.495 e. The average Bonchev–Trinajstić information content (AvgIpc) is 2.61. The van der Waals surface area contributed by atoms with E-state index in [1.807, 2.05) is 30.5 Å². The van der Waals surface area contributed by atoms with Crippen LogP contribution in [0.15, 0.2) is 41.3 Å². The number of hydrogen-bond acceptors (Lipinski definition) is 3. The average molecular weight is 327 g/mol. The maximum atomic E-state index is 12.7. The molecule has 0 spiro atoms. The van der Waals surface area contributed by atoms with Crippen molar-refractivity contribution in [3.63, 3.8) is 0 Å². The van der Waals surface area contributed by atoms with Gasteiger partial charge in [0.15, 0.2) is 0 Å². The standard InChI is InChI=1S/C19H21NO2S/c1-22-17-12-14-8-4-3-7-13(14)11-16(17)20-19(21)15-9-5-6-10-18(15)23-2/h5-6,9-12H,3-4,7-8H2,1-2H3,(H,20,21).